The Morgan fingerprint density at radius 2 is 2.19 bits per heavy atom. The highest BCUT2D eigenvalue weighted by atomic mass is 16.3. The van der Waals surface area contributed by atoms with Gasteiger partial charge in [-0.15, -0.1) is 0 Å². The van der Waals surface area contributed by atoms with Crippen molar-refractivity contribution in [3.8, 4) is 5.75 Å². The fraction of sp³-hybridized carbons (Fsp3) is 0.417. The highest BCUT2D eigenvalue weighted by molar-refractivity contribution is 5.94. The van der Waals surface area contributed by atoms with E-state index in [-0.39, 0.29) is 11.7 Å². The summed E-state index contributed by atoms with van der Waals surface area (Å²) >= 11 is 0. The zero-order chi connectivity index (χ0) is 11.4. The Balaban J connectivity index is 1.85. The van der Waals surface area contributed by atoms with Crippen molar-refractivity contribution in [3.05, 3.63) is 29.8 Å². The van der Waals surface area contributed by atoms with Gasteiger partial charge in [-0.2, -0.15) is 0 Å². The molecular formula is C12H16N2O2. The van der Waals surface area contributed by atoms with Crippen molar-refractivity contribution in [2.24, 2.45) is 0 Å². The summed E-state index contributed by atoms with van der Waals surface area (Å²) in [5.74, 6) is 0.0858. The third kappa shape index (κ3) is 2.73. The largest absolute Gasteiger partial charge is 0.508 e. The van der Waals surface area contributed by atoms with Crippen molar-refractivity contribution in [1.82, 2.24) is 10.6 Å². The van der Waals surface area contributed by atoms with Crippen LogP contribution in [0.3, 0.4) is 0 Å². The standard InChI is InChI=1S/C12H16N2O2/c15-11-5-3-9(4-6-11)12(16)14-8-10-2-1-7-13-10/h3-6,10,13,15H,1-2,7-8H2,(H,14,16). The maximum atomic E-state index is 11.7. The lowest BCUT2D eigenvalue weighted by molar-refractivity contribution is 0.0950. The number of nitrogens with one attached hydrogen (secondary N) is 2. The molecule has 0 spiro atoms. The number of hydrogen-bond donors (Lipinski definition) is 3. The molecule has 1 saturated heterocycles. The molecule has 4 heteroatoms. The van der Waals surface area contributed by atoms with Gasteiger partial charge in [0.05, 0.1) is 0 Å². The van der Waals surface area contributed by atoms with Gasteiger partial charge in [0.25, 0.3) is 5.91 Å². The van der Waals surface area contributed by atoms with Crippen molar-refractivity contribution in [2.45, 2.75) is 18.9 Å². The zero-order valence-corrected chi connectivity index (χ0v) is 9.07. The maximum absolute atomic E-state index is 11.7. The smallest absolute Gasteiger partial charge is 0.251 e. The van der Waals surface area contributed by atoms with E-state index in [0.29, 0.717) is 18.2 Å². The van der Waals surface area contributed by atoms with Gasteiger partial charge in [-0.25, -0.2) is 0 Å². The van der Waals surface area contributed by atoms with Gasteiger partial charge < -0.3 is 15.7 Å². The summed E-state index contributed by atoms with van der Waals surface area (Å²) in [6, 6.07) is 6.67. The van der Waals surface area contributed by atoms with Crippen LogP contribution in [0.15, 0.2) is 24.3 Å². The van der Waals surface area contributed by atoms with Crippen molar-refractivity contribution in [2.75, 3.05) is 13.1 Å². The van der Waals surface area contributed by atoms with Gasteiger partial charge in [-0.05, 0) is 43.7 Å². The van der Waals surface area contributed by atoms with Gasteiger partial charge in [0.1, 0.15) is 5.75 Å². The van der Waals surface area contributed by atoms with E-state index in [9.17, 15) is 4.79 Å². The molecule has 2 rings (SSSR count). The number of phenols is 1. The molecule has 1 unspecified atom stereocenters. The molecule has 0 radical (unpaired) electrons. The molecule has 4 nitrogen and oxygen atoms in total. The molecule has 1 fully saturated rings. The van der Waals surface area contributed by atoms with Crippen LogP contribution in [0, 0.1) is 0 Å². The van der Waals surface area contributed by atoms with Gasteiger partial charge >= 0.3 is 0 Å². The Morgan fingerprint density at radius 1 is 1.44 bits per heavy atom. The van der Waals surface area contributed by atoms with E-state index < -0.39 is 0 Å². The number of carbonyl (C=O) groups excluding carboxylic acids is 1. The lowest BCUT2D eigenvalue weighted by atomic mass is 10.2. The average molecular weight is 220 g/mol. The van der Waals surface area contributed by atoms with Crippen molar-refractivity contribution >= 4 is 5.91 Å². The molecule has 1 aliphatic rings. The number of aromatic hydroxyl groups is 1. The number of benzene rings is 1. The predicted octanol–water partition coefficient (Wildman–Crippen LogP) is 0.874. The number of rotatable bonds is 3. The van der Waals surface area contributed by atoms with E-state index in [1.165, 1.54) is 18.6 Å². The van der Waals surface area contributed by atoms with Gasteiger partial charge in [0.15, 0.2) is 0 Å². The third-order valence-corrected chi connectivity index (χ3v) is 2.80. The monoisotopic (exact) mass is 220 g/mol. The SMILES string of the molecule is O=C(NCC1CCCN1)c1ccc(O)cc1. The third-order valence-electron chi connectivity index (χ3n) is 2.80. The molecule has 0 saturated carbocycles. The van der Waals surface area contributed by atoms with Crippen LogP contribution in [0.25, 0.3) is 0 Å². The first kappa shape index (κ1) is 11.0. The first-order valence-electron chi connectivity index (χ1n) is 5.56. The Morgan fingerprint density at radius 3 is 2.81 bits per heavy atom. The van der Waals surface area contributed by atoms with Crippen molar-refractivity contribution < 1.29 is 9.90 Å². The van der Waals surface area contributed by atoms with Crippen LogP contribution >= 0.6 is 0 Å². The van der Waals surface area contributed by atoms with Gasteiger partial charge in [-0.1, -0.05) is 0 Å². The lowest BCUT2D eigenvalue weighted by Gasteiger charge is -2.11. The fourth-order valence-corrected chi connectivity index (χ4v) is 1.86. The van der Waals surface area contributed by atoms with E-state index in [4.69, 9.17) is 5.11 Å². The minimum atomic E-state index is -0.0892. The summed E-state index contributed by atoms with van der Waals surface area (Å²) < 4.78 is 0. The molecule has 0 bridgehead atoms. The first-order chi connectivity index (χ1) is 7.75. The molecular weight excluding hydrogens is 204 g/mol. The minimum Gasteiger partial charge on any atom is -0.508 e. The molecule has 3 N–H and O–H groups in total. The minimum absolute atomic E-state index is 0.0892. The molecule has 16 heavy (non-hydrogen) atoms. The second-order valence-corrected chi connectivity index (χ2v) is 4.05. The molecule has 1 amide bonds. The van der Waals surface area contributed by atoms with E-state index in [1.54, 1.807) is 12.1 Å². The Kier molecular flexibility index (Phi) is 3.41. The normalized spacial score (nSPS) is 19.6. The Labute approximate surface area is 94.7 Å². The van der Waals surface area contributed by atoms with Crippen LogP contribution in [-0.2, 0) is 0 Å². The average Bonchev–Trinajstić information content (AvgIpc) is 2.80. The van der Waals surface area contributed by atoms with E-state index in [1.807, 2.05) is 0 Å². The second kappa shape index (κ2) is 4.99. The fourth-order valence-electron chi connectivity index (χ4n) is 1.86. The maximum Gasteiger partial charge on any atom is 0.251 e. The molecule has 0 aliphatic carbocycles. The number of phenolic OH excluding ortho intramolecular Hbond substituents is 1. The molecule has 1 aliphatic heterocycles. The second-order valence-electron chi connectivity index (χ2n) is 4.05. The summed E-state index contributed by atoms with van der Waals surface area (Å²) in [7, 11) is 0. The zero-order valence-electron chi connectivity index (χ0n) is 9.07. The summed E-state index contributed by atoms with van der Waals surface area (Å²) in [5, 5.41) is 15.3. The van der Waals surface area contributed by atoms with E-state index in [2.05, 4.69) is 10.6 Å². The number of amides is 1. The van der Waals surface area contributed by atoms with Gasteiger partial charge in [0.2, 0.25) is 0 Å². The predicted molar refractivity (Wildman–Crippen MR) is 61.5 cm³/mol. The summed E-state index contributed by atoms with van der Waals surface area (Å²) in [4.78, 5) is 11.7. The highest BCUT2D eigenvalue weighted by Gasteiger charge is 2.15. The molecule has 1 aromatic rings. The Hall–Kier alpha value is -1.55. The molecule has 0 aromatic heterocycles. The van der Waals surface area contributed by atoms with Crippen LogP contribution in [0.5, 0.6) is 5.75 Å². The highest BCUT2D eigenvalue weighted by Crippen LogP contribution is 2.09. The summed E-state index contributed by atoms with van der Waals surface area (Å²) in [6.07, 6.45) is 2.30. The Bertz CT molecular complexity index is 356. The number of hydrogen-bond acceptors (Lipinski definition) is 3. The van der Waals surface area contributed by atoms with Crippen LogP contribution in [0.1, 0.15) is 23.2 Å². The van der Waals surface area contributed by atoms with Crippen LogP contribution < -0.4 is 10.6 Å². The van der Waals surface area contributed by atoms with Crippen LogP contribution in [0.4, 0.5) is 0 Å². The lowest BCUT2D eigenvalue weighted by Crippen LogP contribution is -2.37. The molecule has 1 aromatic carbocycles. The molecule has 86 valence electrons. The number of carbonyl (C=O) groups is 1. The quantitative estimate of drug-likeness (QED) is 0.708. The van der Waals surface area contributed by atoms with Crippen LogP contribution in [-0.4, -0.2) is 30.1 Å². The first-order valence-corrected chi connectivity index (χ1v) is 5.56. The van der Waals surface area contributed by atoms with Crippen LogP contribution in [0.2, 0.25) is 0 Å². The van der Waals surface area contributed by atoms with E-state index >= 15 is 0 Å². The topological polar surface area (TPSA) is 61.4 Å². The van der Waals surface area contributed by atoms with Crippen molar-refractivity contribution in [3.63, 3.8) is 0 Å². The molecule has 1 heterocycles. The van der Waals surface area contributed by atoms with E-state index in [0.717, 1.165) is 13.0 Å². The van der Waals surface area contributed by atoms with Crippen molar-refractivity contribution in [1.29, 1.82) is 0 Å². The molecule has 1 atom stereocenters. The van der Waals surface area contributed by atoms with Gasteiger partial charge in [0, 0.05) is 18.2 Å². The summed E-state index contributed by atoms with van der Waals surface area (Å²) in [5.41, 5.74) is 0.579. The van der Waals surface area contributed by atoms with Gasteiger partial charge in [-0.3, -0.25) is 4.79 Å². The summed E-state index contributed by atoms with van der Waals surface area (Å²) in [6.45, 7) is 1.71.